The molecule has 2 aromatic rings. The van der Waals surface area contributed by atoms with E-state index in [1.165, 1.54) is 11.8 Å². The largest absolute Gasteiger partial charge is 0.486 e. The zero-order chi connectivity index (χ0) is 23.8. The number of carbonyl (C=O) groups excluding carboxylic acids is 2. The molecule has 8 nitrogen and oxygen atoms in total. The number of benzene rings is 2. The molecule has 2 amide bonds. The Morgan fingerprint density at radius 2 is 1.91 bits per heavy atom. The smallest absolute Gasteiger partial charge is 0.259 e. The number of carbonyl (C=O) groups is 2. The van der Waals surface area contributed by atoms with Crippen LogP contribution >= 0.6 is 11.8 Å². The summed E-state index contributed by atoms with van der Waals surface area (Å²) in [5.74, 6) is 1.92. The van der Waals surface area contributed by atoms with Crippen LogP contribution in [0.15, 0.2) is 52.4 Å². The lowest BCUT2D eigenvalue weighted by Crippen LogP contribution is -2.42. The molecule has 9 heteroatoms. The van der Waals surface area contributed by atoms with E-state index < -0.39 is 11.3 Å². The van der Waals surface area contributed by atoms with Crippen molar-refractivity contribution in [3.63, 3.8) is 0 Å². The number of nitrogens with one attached hydrogen (secondary N) is 1. The van der Waals surface area contributed by atoms with E-state index in [-0.39, 0.29) is 11.8 Å². The van der Waals surface area contributed by atoms with Crippen molar-refractivity contribution in [1.29, 1.82) is 0 Å². The predicted molar refractivity (Wildman–Crippen MR) is 133 cm³/mol. The van der Waals surface area contributed by atoms with E-state index in [0.717, 1.165) is 11.3 Å². The van der Waals surface area contributed by atoms with Crippen molar-refractivity contribution >= 4 is 46.0 Å². The molecule has 0 aliphatic carbocycles. The number of fused-ring (bicyclic) bond motifs is 4. The molecule has 0 saturated carbocycles. The lowest BCUT2D eigenvalue weighted by atomic mass is 10.0. The lowest BCUT2D eigenvalue weighted by molar-refractivity contribution is -0.125. The van der Waals surface area contributed by atoms with Gasteiger partial charge in [-0.15, -0.1) is 0 Å². The maximum absolute atomic E-state index is 13.3. The third-order valence-corrected chi connectivity index (χ3v) is 6.76. The third-order valence-electron chi connectivity index (χ3n) is 5.70. The molecule has 176 valence electrons. The third kappa shape index (κ3) is 4.27. The molecule has 34 heavy (non-hydrogen) atoms. The summed E-state index contributed by atoms with van der Waals surface area (Å²) in [5.41, 5.74) is 2.20. The van der Waals surface area contributed by atoms with Gasteiger partial charge in [-0.3, -0.25) is 14.6 Å². The highest BCUT2D eigenvalue weighted by atomic mass is 32.2. The Bertz CT molecular complexity index is 1210. The van der Waals surface area contributed by atoms with Crippen molar-refractivity contribution < 1.29 is 19.1 Å². The van der Waals surface area contributed by atoms with Crippen LogP contribution in [0, 0.1) is 5.92 Å². The first-order chi connectivity index (χ1) is 16.4. The molecule has 0 saturated heterocycles. The van der Waals surface area contributed by atoms with Crippen LogP contribution in [0.4, 0.5) is 11.4 Å². The van der Waals surface area contributed by atoms with Crippen molar-refractivity contribution in [1.82, 2.24) is 4.90 Å². The Balaban J connectivity index is 1.36. The molecule has 2 atom stereocenters. The van der Waals surface area contributed by atoms with Gasteiger partial charge in [0, 0.05) is 17.3 Å². The predicted octanol–water partition coefficient (Wildman–Crippen LogP) is 4.22. The molecule has 0 radical (unpaired) electrons. The zero-order valence-electron chi connectivity index (χ0n) is 19.3. The first-order valence-electron chi connectivity index (χ1n) is 11.4. The summed E-state index contributed by atoms with van der Waals surface area (Å²) >= 11 is 1.25. The number of ether oxygens (including phenoxy) is 2. The number of amidine groups is 2. The number of aliphatic imine (C=N–C) groups is 2. The minimum Gasteiger partial charge on any atom is -0.486 e. The van der Waals surface area contributed by atoms with Crippen LogP contribution in [0.3, 0.4) is 0 Å². The van der Waals surface area contributed by atoms with E-state index in [1.807, 2.05) is 24.3 Å². The van der Waals surface area contributed by atoms with Gasteiger partial charge in [-0.1, -0.05) is 37.7 Å². The summed E-state index contributed by atoms with van der Waals surface area (Å²) in [6.07, 6.45) is 0.666. The standard InChI is InChI=1S/C25H26N4O4S/c1-14(2)12-19-24(31)29-22(27-19)17-6-4-5-7-18(17)28-25(29)34-15(3)23(30)26-16-8-9-20-21(13-16)33-11-10-32-20/h4-9,13-15,19H,10-12H2,1-3H3,(H,26,30)/t15-,19+/m1/s1. The van der Waals surface area contributed by atoms with Crippen LogP contribution in [0.25, 0.3) is 0 Å². The van der Waals surface area contributed by atoms with Gasteiger partial charge in [0.2, 0.25) is 5.91 Å². The van der Waals surface area contributed by atoms with Gasteiger partial charge in [0.1, 0.15) is 25.1 Å². The van der Waals surface area contributed by atoms with Crippen molar-refractivity contribution in [2.75, 3.05) is 18.5 Å². The fourth-order valence-corrected chi connectivity index (χ4v) is 4.97. The monoisotopic (exact) mass is 478 g/mol. The Morgan fingerprint density at radius 3 is 2.71 bits per heavy atom. The zero-order valence-corrected chi connectivity index (χ0v) is 20.1. The summed E-state index contributed by atoms with van der Waals surface area (Å²) in [6, 6.07) is 12.5. The summed E-state index contributed by atoms with van der Waals surface area (Å²) in [7, 11) is 0. The molecule has 0 spiro atoms. The molecule has 2 aromatic carbocycles. The second kappa shape index (κ2) is 9.13. The summed E-state index contributed by atoms with van der Waals surface area (Å²) in [5, 5.41) is 2.89. The number of hydrogen-bond acceptors (Lipinski definition) is 7. The molecule has 3 heterocycles. The van der Waals surface area contributed by atoms with Crippen molar-refractivity contribution in [2.24, 2.45) is 15.9 Å². The van der Waals surface area contributed by atoms with Gasteiger partial charge in [0.25, 0.3) is 5.91 Å². The molecular weight excluding hydrogens is 452 g/mol. The van der Waals surface area contributed by atoms with Gasteiger partial charge < -0.3 is 14.8 Å². The van der Waals surface area contributed by atoms with Crippen LogP contribution in [0.1, 0.15) is 32.8 Å². The molecule has 0 aromatic heterocycles. The SMILES string of the molecule is CC(C)C[C@@H]1N=C2c3ccccc3N=C(S[C@H](C)C(=O)Nc3ccc4c(c3)OCCO4)N2C1=O. The normalized spacial score (nSPS) is 19.2. The fraction of sp³-hybridized carbons (Fsp3) is 0.360. The molecule has 0 bridgehead atoms. The van der Waals surface area contributed by atoms with E-state index in [9.17, 15) is 9.59 Å². The molecule has 5 rings (SSSR count). The fourth-order valence-electron chi connectivity index (χ4n) is 4.06. The summed E-state index contributed by atoms with van der Waals surface area (Å²) in [6.45, 7) is 6.93. The van der Waals surface area contributed by atoms with Crippen LogP contribution in [0.2, 0.25) is 0 Å². The minimum atomic E-state index is -0.504. The molecule has 0 fully saturated rings. The number of anilines is 1. The van der Waals surface area contributed by atoms with E-state index in [4.69, 9.17) is 19.5 Å². The molecule has 3 aliphatic rings. The number of rotatable bonds is 5. The Morgan fingerprint density at radius 1 is 1.15 bits per heavy atom. The highest BCUT2D eigenvalue weighted by Crippen LogP contribution is 2.36. The number of amides is 2. The maximum Gasteiger partial charge on any atom is 0.259 e. The second-order valence-electron chi connectivity index (χ2n) is 8.79. The van der Waals surface area contributed by atoms with Crippen molar-refractivity contribution in [3.8, 4) is 11.5 Å². The van der Waals surface area contributed by atoms with Gasteiger partial charge in [-0.05, 0) is 43.5 Å². The average molecular weight is 479 g/mol. The lowest BCUT2D eigenvalue weighted by Gasteiger charge is -2.27. The molecule has 3 aliphatic heterocycles. The van der Waals surface area contributed by atoms with Crippen molar-refractivity contribution in [3.05, 3.63) is 48.0 Å². The van der Waals surface area contributed by atoms with Crippen LogP contribution < -0.4 is 14.8 Å². The van der Waals surface area contributed by atoms with E-state index in [1.54, 1.807) is 30.0 Å². The van der Waals surface area contributed by atoms with Crippen molar-refractivity contribution in [2.45, 2.75) is 38.5 Å². The van der Waals surface area contributed by atoms with E-state index >= 15 is 0 Å². The maximum atomic E-state index is 13.3. The van der Waals surface area contributed by atoms with E-state index in [0.29, 0.717) is 53.7 Å². The topological polar surface area (TPSA) is 92.6 Å². The van der Waals surface area contributed by atoms with Gasteiger partial charge in [0.05, 0.1) is 10.9 Å². The van der Waals surface area contributed by atoms with E-state index in [2.05, 4.69) is 19.2 Å². The van der Waals surface area contributed by atoms with Gasteiger partial charge >= 0.3 is 0 Å². The second-order valence-corrected chi connectivity index (χ2v) is 10.1. The highest BCUT2D eigenvalue weighted by molar-refractivity contribution is 8.15. The first kappa shape index (κ1) is 22.5. The Labute approximate surface area is 202 Å². The van der Waals surface area contributed by atoms with Crippen LogP contribution in [-0.2, 0) is 9.59 Å². The van der Waals surface area contributed by atoms with Gasteiger partial charge in [-0.2, -0.15) is 0 Å². The summed E-state index contributed by atoms with van der Waals surface area (Å²) in [4.78, 5) is 37.3. The minimum absolute atomic E-state index is 0.0936. The highest BCUT2D eigenvalue weighted by Gasteiger charge is 2.42. The van der Waals surface area contributed by atoms with Crippen LogP contribution in [-0.4, -0.2) is 52.2 Å². The molecular formula is C25H26N4O4S. The molecule has 0 unspecified atom stereocenters. The first-order valence-corrected chi connectivity index (χ1v) is 12.3. The quantitative estimate of drug-likeness (QED) is 0.695. The number of hydrogen-bond donors (Lipinski definition) is 1. The Hall–Kier alpha value is -3.33. The van der Waals surface area contributed by atoms with Gasteiger partial charge in [-0.25, -0.2) is 9.89 Å². The number of para-hydroxylation sites is 1. The Kier molecular flexibility index (Phi) is 6.03. The number of thioether (sulfide) groups is 1. The summed E-state index contributed by atoms with van der Waals surface area (Å²) < 4.78 is 11.1. The molecule has 1 N–H and O–H groups in total. The van der Waals surface area contributed by atoms with Crippen LogP contribution in [0.5, 0.6) is 11.5 Å². The number of nitrogens with zero attached hydrogens (tertiary/aromatic N) is 3. The average Bonchev–Trinajstić information content (AvgIpc) is 3.15. The van der Waals surface area contributed by atoms with Gasteiger partial charge in [0.15, 0.2) is 16.7 Å².